The predicted molar refractivity (Wildman–Crippen MR) is 72.1 cm³/mol. The first-order valence-corrected chi connectivity index (χ1v) is 6.76. The van der Waals surface area contributed by atoms with Crippen molar-refractivity contribution in [3.05, 3.63) is 28.3 Å². The van der Waals surface area contributed by atoms with Gasteiger partial charge in [0, 0.05) is 17.5 Å². The molecular formula is C14H20ClNO. The normalized spacial score (nSPS) is 15.5. The number of hydrogen-bond acceptors (Lipinski definition) is 2. The van der Waals surface area contributed by atoms with Gasteiger partial charge in [-0.1, -0.05) is 18.5 Å². The van der Waals surface area contributed by atoms with Crippen molar-refractivity contribution >= 4 is 11.6 Å². The third kappa shape index (κ3) is 3.14. The van der Waals surface area contributed by atoms with E-state index in [2.05, 4.69) is 19.2 Å². The highest BCUT2D eigenvalue weighted by atomic mass is 35.5. The molecule has 0 saturated carbocycles. The zero-order valence-electron chi connectivity index (χ0n) is 10.6. The number of rotatable bonds is 5. The predicted octanol–water partition coefficient (Wildman–Crippen LogP) is 3.21. The van der Waals surface area contributed by atoms with Crippen molar-refractivity contribution < 1.29 is 4.74 Å². The van der Waals surface area contributed by atoms with Gasteiger partial charge in [-0.2, -0.15) is 0 Å². The van der Waals surface area contributed by atoms with Gasteiger partial charge in [-0.25, -0.2) is 0 Å². The Labute approximate surface area is 108 Å². The summed E-state index contributed by atoms with van der Waals surface area (Å²) in [7, 11) is 0. The molecule has 0 aromatic heterocycles. The van der Waals surface area contributed by atoms with Crippen molar-refractivity contribution in [2.45, 2.75) is 39.2 Å². The molecule has 0 amide bonds. The SMILES string of the molecule is CCCNC(C)Cc1cc(Cl)cc2c1OCC2. The van der Waals surface area contributed by atoms with Gasteiger partial charge in [-0.3, -0.25) is 0 Å². The lowest BCUT2D eigenvalue weighted by atomic mass is 10.0. The molecule has 1 aliphatic heterocycles. The van der Waals surface area contributed by atoms with E-state index in [1.165, 1.54) is 11.1 Å². The maximum atomic E-state index is 6.14. The van der Waals surface area contributed by atoms with Crippen molar-refractivity contribution in [1.82, 2.24) is 5.32 Å². The van der Waals surface area contributed by atoms with E-state index >= 15 is 0 Å². The van der Waals surface area contributed by atoms with E-state index in [0.717, 1.165) is 43.2 Å². The van der Waals surface area contributed by atoms with Crippen LogP contribution in [-0.4, -0.2) is 19.2 Å². The van der Waals surface area contributed by atoms with Gasteiger partial charge in [-0.15, -0.1) is 0 Å². The highest BCUT2D eigenvalue weighted by Crippen LogP contribution is 2.33. The standard InChI is InChI=1S/C14H20ClNO/c1-3-5-16-10(2)7-12-9-13(15)8-11-4-6-17-14(11)12/h8-10,16H,3-7H2,1-2H3. The number of nitrogens with one attached hydrogen (secondary N) is 1. The van der Waals surface area contributed by atoms with Crippen LogP contribution in [0.5, 0.6) is 5.75 Å². The summed E-state index contributed by atoms with van der Waals surface area (Å²) in [5.74, 6) is 1.07. The Morgan fingerprint density at radius 3 is 3.06 bits per heavy atom. The van der Waals surface area contributed by atoms with Gasteiger partial charge in [0.05, 0.1) is 6.61 Å². The molecule has 1 aromatic carbocycles. The molecule has 0 fully saturated rings. The molecule has 1 heterocycles. The maximum absolute atomic E-state index is 6.14. The molecule has 0 radical (unpaired) electrons. The van der Waals surface area contributed by atoms with Gasteiger partial charge < -0.3 is 10.1 Å². The first kappa shape index (κ1) is 12.7. The average molecular weight is 254 g/mol. The van der Waals surface area contributed by atoms with Gasteiger partial charge in [0.15, 0.2) is 0 Å². The van der Waals surface area contributed by atoms with Crippen LogP contribution in [0.2, 0.25) is 5.02 Å². The molecule has 1 unspecified atom stereocenters. The summed E-state index contributed by atoms with van der Waals surface area (Å²) in [5.41, 5.74) is 2.50. The summed E-state index contributed by atoms with van der Waals surface area (Å²) in [6.07, 6.45) is 3.12. The van der Waals surface area contributed by atoms with Crippen LogP contribution in [0.15, 0.2) is 12.1 Å². The first-order chi connectivity index (χ1) is 8.20. The minimum absolute atomic E-state index is 0.460. The Hall–Kier alpha value is -0.730. The molecule has 3 heteroatoms. The molecule has 0 bridgehead atoms. The Kier molecular flexibility index (Phi) is 4.30. The van der Waals surface area contributed by atoms with E-state index in [9.17, 15) is 0 Å². The van der Waals surface area contributed by atoms with E-state index in [4.69, 9.17) is 16.3 Å². The number of ether oxygens (including phenoxy) is 1. The Bertz CT molecular complexity index is 392. The topological polar surface area (TPSA) is 21.3 Å². The monoisotopic (exact) mass is 253 g/mol. The van der Waals surface area contributed by atoms with Crippen LogP contribution in [-0.2, 0) is 12.8 Å². The van der Waals surface area contributed by atoms with Gasteiger partial charge in [0.25, 0.3) is 0 Å². The second-order valence-electron chi connectivity index (χ2n) is 4.71. The molecule has 1 N–H and O–H groups in total. The van der Waals surface area contributed by atoms with Gasteiger partial charge in [0.1, 0.15) is 5.75 Å². The number of fused-ring (bicyclic) bond motifs is 1. The van der Waals surface area contributed by atoms with Gasteiger partial charge in [-0.05, 0) is 49.6 Å². The fourth-order valence-corrected chi connectivity index (χ4v) is 2.55. The van der Waals surface area contributed by atoms with E-state index in [1.807, 2.05) is 12.1 Å². The molecule has 2 rings (SSSR count). The summed E-state index contributed by atoms with van der Waals surface area (Å²) in [4.78, 5) is 0. The highest BCUT2D eigenvalue weighted by molar-refractivity contribution is 6.30. The maximum Gasteiger partial charge on any atom is 0.125 e. The summed E-state index contributed by atoms with van der Waals surface area (Å²) in [6, 6.07) is 4.52. The van der Waals surface area contributed by atoms with Crippen LogP contribution in [0.1, 0.15) is 31.4 Å². The third-order valence-electron chi connectivity index (χ3n) is 3.09. The van der Waals surface area contributed by atoms with Crippen LogP contribution in [0.25, 0.3) is 0 Å². The van der Waals surface area contributed by atoms with Crippen LogP contribution in [0, 0.1) is 0 Å². The third-order valence-corrected chi connectivity index (χ3v) is 3.31. The van der Waals surface area contributed by atoms with Crippen LogP contribution in [0.4, 0.5) is 0 Å². The second-order valence-corrected chi connectivity index (χ2v) is 5.15. The van der Waals surface area contributed by atoms with E-state index in [-0.39, 0.29) is 0 Å². The lowest BCUT2D eigenvalue weighted by Crippen LogP contribution is -2.28. The molecule has 0 spiro atoms. The molecular weight excluding hydrogens is 234 g/mol. The lowest BCUT2D eigenvalue weighted by molar-refractivity contribution is 0.352. The molecule has 2 nitrogen and oxygen atoms in total. The lowest BCUT2D eigenvalue weighted by Gasteiger charge is -2.15. The van der Waals surface area contributed by atoms with Gasteiger partial charge in [0.2, 0.25) is 0 Å². The average Bonchev–Trinajstić information content (AvgIpc) is 2.74. The summed E-state index contributed by atoms with van der Waals surface area (Å²) in [6.45, 7) is 6.24. The fraction of sp³-hybridized carbons (Fsp3) is 0.571. The molecule has 1 aromatic rings. The zero-order valence-corrected chi connectivity index (χ0v) is 11.3. The molecule has 1 aliphatic rings. The van der Waals surface area contributed by atoms with Crippen molar-refractivity contribution in [1.29, 1.82) is 0 Å². The minimum atomic E-state index is 0.460. The molecule has 17 heavy (non-hydrogen) atoms. The van der Waals surface area contributed by atoms with Gasteiger partial charge >= 0.3 is 0 Å². The Morgan fingerprint density at radius 1 is 1.47 bits per heavy atom. The van der Waals surface area contributed by atoms with Crippen LogP contribution >= 0.6 is 11.6 Å². The van der Waals surface area contributed by atoms with Crippen molar-refractivity contribution in [3.63, 3.8) is 0 Å². The van der Waals surface area contributed by atoms with E-state index in [0.29, 0.717) is 6.04 Å². The minimum Gasteiger partial charge on any atom is -0.493 e. The second kappa shape index (κ2) is 5.74. The Balaban J connectivity index is 2.10. The zero-order chi connectivity index (χ0) is 12.3. The number of halogens is 1. The number of hydrogen-bond donors (Lipinski definition) is 1. The van der Waals surface area contributed by atoms with Crippen LogP contribution in [0.3, 0.4) is 0 Å². The molecule has 1 atom stereocenters. The highest BCUT2D eigenvalue weighted by Gasteiger charge is 2.18. The van der Waals surface area contributed by atoms with Crippen LogP contribution < -0.4 is 10.1 Å². The summed E-state index contributed by atoms with van der Waals surface area (Å²) < 4.78 is 5.70. The summed E-state index contributed by atoms with van der Waals surface area (Å²) in [5, 5.41) is 4.32. The first-order valence-electron chi connectivity index (χ1n) is 6.38. The quantitative estimate of drug-likeness (QED) is 0.870. The van der Waals surface area contributed by atoms with Crippen molar-refractivity contribution in [2.75, 3.05) is 13.2 Å². The van der Waals surface area contributed by atoms with Crippen molar-refractivity contribution in [2.24, 2.45) is 0 Å². The largest absolute Gasteiger partial charge is 0.493 e. The molecule has 0 aliphatic carbocycles. The van der Waals surface area contributed by atoms with Crippen molar-refractivity contribution in [3.8, 4) is 5.75 Å². The molecule has 0 saturated heterocycles. The van der Waals surface area contributed by atoms with E-state index < -0.39 is 0 Å². The summed E-state index contributed by atoms with van der Waals surface area (Å²) >= 11 is 6.14. The van der Waals surface area contributed by atoms with E-state index in [1.54, 1.807) is 0 Å². The Morgan fingerprint density at radius 2 is 2.29 bits per heavy atom. The number of benzene rings is 1. The molecule has 94 valence electrons. The smallest absolute Gasteiger partial charge is 0.125 e. The fourth-order valence-electron chi connectivity index (χ4n) is 2.29.